The Morgan fingerprint density at radius 3 is 2.68 bits per heavy atom. The summed E-state index contributed by atoms with van der Waals surface area (Å²) < 4.78 is 13.8. The highest BCUT2D eigenvalue weighted by atomic mass is 35.5. The summed E-state index contributed by atoms with van der Waals surface area (Å²) in [6.07, 6.45) is 0. The molecule has 0 heterocycles. The smallest absolute Gasteiger partial charge is 0.272 e. The molecule has 2 aromatic carbocycles. The van der Waals surface area contributed by atoms with E-state index in [-0.39, 0.29) is 17.9 Å². The fourth-order valence-corrected chi connectivity index (χ4v) is 2.14. The summed E-state index contributed by atoms with van der Waals surface area (Å²) in [7, 11) is 0. The highest BCUT2D eigenvalue weighted by molar-refractivity contribution is 6.30. The zero-order valence-electron chi connectivity index (χ0n) is 11.7. The molecule has 7 heteroatoms. The van der Waals surface area contributed by atoms with Crippen LogP contribution in [0.2, 0.25) is 5.02 Å². The molecule has 0 saturated carbocycles. The van der Waals surface area contributed by atoms with Crippen molar-refractivity contribution in [2.45, 2.75) is 12.5 Å². The quantitative estimate of drug-likeness (QED) is 0.649. The Morgan fingerprint density at radius 1 is 1.36 bits per heavy atom. The topological polar surface area (TPSA) is 75.4 Å². The van der Waals surface area contributed by atoms with Crippen molar-refractivity contribution >= 4 is 23.0 Å². The summed E-state index contributed by atoms with van der Waals surface area (Å²) in [6.45, 7) is 1.58. The van der Waals surface area contributed by atoms with Gasteiger partial charge in [0.15, 0.2) is 5.82 Å². The number of hydrogen-bond acceptors (Lipinski definition) is 4. The average molecular weight is 325 g/mol. The van der Waals surface area contributed by atoms with Gasteiger partial charge in [-0.2, -0.15) is 0 Å². The fourth-order valence-electron chi connectivity index (χ4n) is 1.95. The summed E-state index contributed by atoms with van der Waals surface area (Å²) in [4.78, 5) is 9.89. The van der Waals surface area contributed by atoms with Crippen LogP contribution in [-0.4, -0.2) is 16.6 Å². The molecule has 0 aromatic heterocycles. The number of aliphatic hydroxyl groups is 1. The molecule has 2 rings (SSSR count). The van der Waals surface area contributed by atoms with E-state index in [0.29, 0.717) is 10.6 Å². The third-order valence-corrected chi connectivity index (χ3v) is 3.47. The molecule has 0 aliphatic rings. The van der Waals surface area contributed by atoms with Crippen molar-refractivity contribution in [3.05, 3.63) is 69.0 Å². The van der Waals surface area contributed by atoms with Crippen LogP contribution in [0, 0.1) is 15.9 Å². The number of non-ortho nitro benzene ring substituents is 1. The lowest BCUT2D eigenvalue weighted by molar-refractivity contribution is -0.385. The number of anilines is 1. The Labute approximate surface area is 131 Å². The predicted octanol–water partition coefficient (Wildman–Crippen LogP) is 3.71. The van der Waals surface area contributed by atoms with Gasteiger partial charge in [0.25, 0.3) is 5.69 Å². The summed E-state index contributed by atoms with van der Waals surface area (Å²) in [6, 6.07) is 10.0. The number of nitrogens with one attached hydrogen (secondary N) is 1. The van der Waals surface area contributed by atoms with Crippen molar-refractivity contribution in [1.29, 1.82) is 0 Å². The third kappa shape index (κ3) is 3.72. The zero-order chi connectivity index (χ0) is 16.3. The minimum atomic E-state index is -1.28. The molecule has 5 nitrogen and oxygen atoms in total. The van der Waals surface area contributed by atoms with E-state index in [1.54, 1.807) is 31.2 Å². The Hall–Kier alpha value is -2.18. The first kappa shape index (κ1) is 16.2. The normalized spacial score (nSPS) is 13.5. The van der Waals surface area contributed by atoms with Crippen LogP contribution in [0.15, 0.2) is 42.5 Å². The van der Waals surface area contributed by atoms with Gasteiger partial charge in [-0.15, -0.1) is 0 Å². The van der Waals surface area contributed by atoms with Gasteiger partial charge in [-0.25, -0.2) is 4.39 Å². The van der Waals surface area contributed by atoms with Gasteiger partial charge in [0.1, 0.15) is 5.60 Å². The predicted molar refractivity (Wildman–Crippen MR) is 82.6 cm³/mol. The van der Waals surface area contributed by atoms with Gasteiger partial charge >= 0.3 is 0 Å². The monoisotopic (exact) mass is 324 g/mol. The van der Waals surface area contributed by atoms with Crippen LogP contribution in [0.25, 0.3) is 0 Å². The highest BCUT2D eigenvalue weighted by Crippen LogP contribution is 2.26. The van der Waals surface area contributed by atoms with Gasteiger partial charge in [-0.1, -0.05) is 23.7 Å². The van der Waals surface area contributed by atoms with Crippen molar-refractivity contribution in [3.8, 4) is 0 Å². The summed E-state index contributed by atoms with van der Waals surface area (Å²) in [5, 5.41) is 24.2. The molecule has 2 aromatic rings. The van der Waals surface area contributed by atoms with E-state index in [2.05, 4.69) is 5.32 Å². The molecule has 0 spiro atoms. The van der Waals surface area contributed by atoms with E-state index in [9.17, 15) is 19.6 Å². The van der Waals surface area contributed by atoms with Crippen LogP contribution in [0.1, 0.15) is 12.5 Å². The van der Waals surface area contributed by atoms with Crippen molar-refractivity contribution < 1.29 is 14.4 Å². The average Bonchev–Trinajstić information content (AvgIpc) is 2.46. The molecule has 22 heavy (non-hydrogen) atoms. The first-order chi connectivity index (χ1) is 10.3. The van der Waals surface area contributed by atoms with E-state index in [4.69, 9.17) is 11.6 Å². The third-order valence-electron chi connectivity index (χ3n) is 3.23. The number of benzene rings is 2. The number of nitro benzene ring substituents is 1. The lowest BCUT2D eigenvalue weighted by atomic mass is 9.96. The van der Waals surface area contributed by atoms with Crippen molar-refractivity contribution in [2.24, 2.45) is 0 Å². The molecule has 0 fully saturated rings. The molecule has 116 valence electrons. The molecule has 0 aliphatic heterocycles. The first-order valence-corrected chi connectivity index (χ1v) is 6.83. The number of halogens is 2. The molecule has 0 aliphatic carbocycles. The summed E-state index contributed by atoms with van der Waals surface area (Å²) >= 11 is 5.88. The van der Waals surface area contributed by atoms with Gasteiger partial charge in [0.05, 0.1) is 16.7 Å². The zero-order valence-corrected chi connectivity index (χ0v) is 12.5. The maximum atomic E-state index is 13.8. The molecule has 0 bridgehead atoms. The number of rotatable bonds is 5. The molecule has 1 atom stereocenters. The Kier molecular flexibility index (Phi) is 4.63. The Morgan fingerprint density at radius 2 is 2.09 bits per heavy atom. The summed E-state index contributed by atoms with van der Waals surface area (Å²) in [5.41, 5.74) is -0.952. The lowest BCUT2D eigenvalue weighted by Crippen LogP contribution is -2.31. The van der Waals surface area contributed by atoms with Gasteiger partial charge in [0, 0.05) is 17.6 Å². The van der Waals surface area contributed by atoms with E-state index < -0.39 is 16.3 Å². The molecular formula is C15H14ClFN2O3. The van der Waals surface area contributed by atoms with Crippen LogP contribution in [0.3, 0.4) is 0 Å². The van der Waals surface area contributed by atoms with E-state index in [1.807, 2.05) is 0 Å². The van der Waals surface area contributed by atoms with Gasteiger partial charge < -0.3 is 10.4 Å². The van der Waals surface area contributed by atoms with E-state index in [1.165, 1.54) is 12.1 Å². The highest BCUT2D eigenvalue weighted by Gasteiger charge is 2.23. The van der Waals surface area contributed by atoms with E-state index >= 15 is 0 Å². The molecule has 1 unspecified atom stereocenters. The molecular weight excluding hydrogens is 311 g/mol. The van der Waals surface area contributed by atoms with Crippen LogP contribution < -0.4 is 5.32 Å². The standard InChI is InChI=1S/C15H14ClFN2O3/c1-15(20,10-3-2-4-11(16)7-10)9-18-14-6-5-12(19(21)22)8-13(14)17/h2-8,18,20H,9H2,1H3. The van der Waals surface area contributed by atoms with Crippen LogP contribution in [-0.2, 0) is 5.60 Å². The van der Waals surface area contributed by atoms with Crippen molar-refractivity contribution in [1.82, 2.24) is 0 Å². The summed E-state index contributed by atoms with van der Waals surface area (Å²) in [5.74, 6) is -0.754. The minimum Gasteiger partial charge on any atom is -0.384 e. The molecule has 0 radical (unpaired) electrons. The second-order valence-corrected chi connectivity index (χ2v) is 5.50. The van der Waals surface area contributed by atoms with E-state index in [0.717, 1.165) is 6.07 Å². The Bertz CT molecular complexity index is 707. The Balaban J connectivity index is 2.13. The molecule has 0 saturated heterocycles. The van der Waals surface area contributed by atoms with Gasteiger partial charge in [0.2, 0.25) is 0 Å². The second kappa shape index (κ2) is 6.29. The van der Waals surface area contributed by atoms with Crippen LogP contribution in [0.4, 0.5) is 15.8 Å². The van der Waals surface area contributed by atoms with Crippen molar-refractivity contribution in [2.75, 3.05) is 11.9 Å². The van der Waals surface area contributed by atoms with Crippen molar-refractivity contribution in [3.63, 3.8) is 0 Å². The molecule has 2 N–H and O–H groups in total. The fraction of sp³-hybridized carbons (Fsp3) is 0.200. The molecule has 0 amide bonds. The van der Waals surface area contributed by atoms with Crippen LogP contribution in [0.5, 0.6) is 0 Å². The maximum Gasteiger partial charge on any atom is 0.272 e. The largest absolute Gasteiger partial charge is 0.384 e. The second-order valence-electron chi connectivity index (χ2n) is 5.06. The minimum absolute atomic E-state index is 0.0159. The van der Waals surface area contributed by atoms with Gasteiger partial charge in [-0.05, 0) is 30.7 Å². The van der Waals surface area contributed by atoms with Crippen LogP contribution >= 0.6 is 11.6 Å². The first-order valence-electron chi connectivity index (χ1n) is 6.46. The maximum absolute atomic E-state index is 13.8. The number of nitro groups is 1. The lowest BCUT2D eigenvalue weighted by Gasteiger charge is -2.25. The van der Waals surface area contributed by atoms with Gasteiger partial charge in [-0.3, -0.25) is 10.1 Å². The number of hydrogen-bond donors (Lipinski definition) is 2. The SMILES string of the molecule is CC(O)(CNc1ccc([N+](=O)[O-])cc1F)c1cccc(Cl)c1. The number of nitrogens with zero attached hydrogens (tertiary/aromatic N) is 1.